The van der Waals surface area contributed by atoms with Gasteiger partial charge in [0.2, 0.25) is 11.8 Å². The molecule has 7 heteroatoms. The molecule has 0 saturated carbocycles. The highest BCUT2D eigenvalue weighted by Gasteiger charge is 2.48. The van der Waals surface area contributed by atoms with Crippen LogP contribution in [0.1, 0.15) is 24.2 Å². The van der Waals surface area contributed by atoms with E-state index in [4.69, 9.17) is 9.15 Å². The molecule has 4 rings (SSSR count). The minimum atomic E-state index is -0.221. The number of likely N-dealkylation sites (tertiary alicyclic amines) is 1. The molecule has 2 fully saturated rings. The van der Waals surface area contributed by atoms with E-state index in [0.29, 0.717) is 31.8 Å². The molecule has 0 bridgehead atoms. The molecule has 0 atom stereocenters. The largest absolute Gasteiger partial charge is 0.497 e. The number of nitrogens with zero attached hydrogens (tertiary/aromatic N) is 2. The van der Waals surface area contributed by atoms with Crippen LogP contribution >= 0.6 is 11.8 Å². The molecule has 1 aromatic carbocycles. The standard InChI is InChI=1S/C21H24N2O4S/c1-26-17-6-4-16(5-7-17)13-19(24)22-10-8-21(9-11-22)23(20(25)15-28-21)14-18-3-2-12-27-18/h2-7,12H,8-11,13-15H2,1H3. The molecule has 0 aliphatic carbocycles. The number of thioether (sulfide) groups is 1. The number of hydrogen-bond acceptors (Lipinski definition) is 5. The number of piperidine rings is 1. The van der Waals surface area contributed by atoms with Gasteiger partial charge < -0.3 is 19.0 Å². The Kier molecular flexibility index (Phi) is 5.35. The lowest BCUT2D eigenvalue weighted by atomic mass is 10.0. The average molecular weight is 401 g/mol. The summed E-state index contributed by atoms with van der Waals surface area (Å²) in [5, 5.41) is 0. The lowest BCUT2D eigenvalue weighted by molar-refractivity contribution is -0.135. The Morgan fingerprint density at radius 2 is 1.96 bits per heavy atom. The van der Waals surface area contributed by atoms with E-state index in [2.05, 4.69) is 0 Å². The van der Waals surface area contributed by atoms with Gasteiger partial charge in [-0.3, -0.25) is 9.59 Å². The van der Waals surface area contributed by atoms with Crippen LogP contribution in [0.4, 0.5) is 0 Å². The van der Waals surface area contributed by atoms with Gasteiger partial charge >= 0.3 is 0 Å². The third kappa shape index (κ3) is 3.76. The van der Waals surface area contributed by atoms with Gasteiger partial charge in [-0.15, -0.1) is 11.8 Å². The van der Waals surface area contributed by atoms with Gasteiger partial charge in [0.05, 0.1) is 37.0 Å². The predicted octanol–water partition coefficient (Wildman–Crippen LogP) is 2.93. The summed E-state index contributed by atoms with van der Waals surface area (Å²) in [7, 11) is 1.63. The fourth-order valence-electron chi connectivity index (χ4n) is 3.92. The number of methoxy groups -OCH3 is 1. The maximum Gasteiger partial charge on any atom is 0.234 e. The van der Waals surface area contributed by atoms with Gasteiger partial charge in [-0.1, -0.05) is 12.1 Å². The van der Waals surface area contributed by atoms with E-state index in [0.717, 1.165) is 29.9 Å². The molecule has 0 radical (unpaired) electrons. The molecule has 1 aromatic heterocycles. The predicted molar refractivity (Wildman–Crippen MR) is 107 cm³/mol. The molecule has 2 aromatic rings. The first-order chi connectivity index (χ1) is 13.6. The summed E-state index contributed by atoms with van der Waals surface area (Å²) >= 11 is 1.71. The van der Waals surface area contributed by atoms with E-state index in [1.165, 1.54) is 0 Å². The van der Waals surface area contributed by atoms with Crippen molar-refractivity contribution in [1.82, 2.24) is 9.80 Å². The molecule has 0 N–H and O–H groups in total. The van der Waals surface area contributed by atoms with Crippen molar-refractivity contribution >= 4 is 23.6 Å². The zero-order chi connectivity index (χ0) is 19.6. The first kappa shape index (κ1) is 18.9. The summed E-state index contributed by atoms with van der Waals surface area (Å²) in [5.74, 6) is 2.37. The molecule has 3 heterocycles. The van der Waals surface area contributed by atoms with Crippen molar-refractivity contribution in [2.24, 2.45) is 0 Å². The average Bonchev–Trinajstić information content (AvgIpc) is 3.34. The molecule has 148 valence electrons. The van der Waals surface area contributed by atoms with Crippen LogP contribution in [0.15, 0.2) is 47.1 Å². The summed E-state index contributed by atoms with van der Waals surface area (Å²) in [6, 6.07) is 11.4. The third-order valence-corrected chi connectivity index (χ3v) is 7.12. The Morgan fingerprint density at radius 1 is 1.21 bits per heavy atom. The van der Waals surface area contributed by atoms with E-state index in [-0.39, 0.29) is 16.7 Å². The van der Waals surface area contributed by atoms with Crippen LogP contribution in [0.3, 0.4) is 0 Å². The quantitative estimate of drug-likeness (QED) is 0.772. The van der Waals surface area contributed by atoms with Crippen LogP contribution in [0, 0.1) is 0 Å². The Hall–Kier alpha value is -2.41. The van der Waals surface area contributed by atoms with Crippen LogP contribution in [-0.2, 0) is 22.6 Å². The Labute approximate surface area is 168 Å². The fraction of sp³-hybridized carbons (Fsp3) is 0.429. The Bertz CT molecular complexity index is 827. The minimum Gasteiger partial charge on any atom is -0.497 e. The number of benzene rings is 1. The molecule has 2 amide bonds. The van der Waals surface area contributed by atoms with Gasteiger partial charge in [0.1, 0.15) is 11.5 Å². The summed E-state index contributed by atoms with van der Waals surface area (Å²) in [4.78, 5) is 28.8. The number of furan rings is 1. The molecule has 28 heavy (non-hydrogen) atoms. The van der Waals surface area contributed by atoms with Gasteiger partial charge in [-0.25, -0.2) is 0 Å². The molecule has 2 aliphatic rings. The van der Waals surface area contributed by atoms with Crippen molar-refractivity contribution in [1.29, 1.82) is 0 Å². The number of hydrogen-bond donors (Lipinski definition) is 0. The fourth-order valence-corrected chi connectivity index (χ4v) is 5.26. The number of rotatable bonds is 5. The molecular formula is C21H24N2O4S. The Morgan fingerprint density at radius 3 is 2.61 bits per heavy atom. The maximum atomic E-state index is 12.7. The van der Waals surface area contributed by atoms with Crippen molar-refractivity contribution in [2.75, 3.05) is 26.0 Å². The molecule has 1 spiro atoms. The van der Waals surface area contributed by atoms with Gasteiger partial charge in [0, 0.05) is 13.1 Å². The number of carbonyl (C=O) groups is 2. The van der Waals surface area contributed by atoms with Crippen LogP contribution in [0.2, 0.25) is 0 Å². The summed E-state index contributed by atoms with van der Waals surface area (Å²) in [6.45, 7) is 1.84. The summed E-state index contributed by atoms with van der Waals surface area (Å²) in [6.07, 6.45) is 3.60. The second-order valence-corrected chi connectivity index (χ2v) is 8.54. The zero-order valence-corrected chi connectivity index (χ0v) is 16.7. The number of ether oxygens (including phenoxy) is 1. The Balaban J connectivity index is 1.37. The first-order valence-electron chi connectivity index (χ1n) is 9.47. The molecule has 0 unspecified atom stereocenters. The molecule has 2 aliphatic heterocycles. The van der Waals surface area contributed by atoms with Crippen LogP contribution in [-0.4, -0.2) is 52.4 Å². The number of amides is 2. The van der Waals surface area contributed by atoms with Crippen molar-refractivity contribution < 1.29 is 18.7 Å². The van der Waals surface area contributed by atoms with Crippen molar-refractivity contribution in [3.63, 3.8) is 0 Å². The smallest absolute Gasteiger partial charge is 0.234 e. The minimum absolute atomic E-state index is 0.131. The zero-order valence-electron chi connectivity index (χ0n) is 15.9. The van der Waals surface area contributed by atoms with Crippen molar-refractivity contribution in [2.45, 2.75) is 30.7 Å². The van der Waals surface area contributed by atoms with E-state index in [1.54, 1.807) is 25.1 Å². The molecule has 6 nitrogen and oxygen atoms in total. The highest BCUT2D eigenvalue weighted by Crippen LogP contribution is 2.45. The van der Waals surface area contributed by atoms with Crippen LogP contribution < -0.4 is 4.74 Å². The second kappa shape index (κ2) is 7.91. The van der Waals surface area contributed by atoms with E-state index < -0.39 is 0 Å². The van der Waals surface area contributed by atoms with Crippen molar-refractivity contribution in [3.05, 3.63) is 54.0 Å². The van der Waals surface area contributed by atoms with Gasteiger partial charge in [0.15, 0.2) is 0 Å². The third-order valence-electron chi connectivity index (χ3n) is 5.56. The highest BCUT2D eigenvalue weighted by molar-refractivity contribution is 8.01. The monoisotopic (exact) mass is 400 g/mol. The molecule has 2 saturated heterocycles. The van der Waals surface area contributed by atoms with E-state index in [9.17, 15) is 9.59 Å². The van der Waals surface area contributed by atoms with Gasteiger partial charge in [0.25, 0.3) is 0 Å². The SMILES string of the molecule is COc1ccc(CC(=O)N2CCC3(CC2)SCC(=O)N3Cc2ccco2)cc1. The highest BCUT2D eigenvalue weighted by atomic mass is 32.2. The topological polar surface area (TPSA) is 63.0 Å². The lowest BCUT2D eigenvalue weighted by Crippen LogP contribution is -2.52. The lowest BCUT2D eigenvalue weighted by Gasteiger charge is -2.43. The maximum absolute atomic E-state index is 12.7. The van der Waals surface area contributed by atoms with Crippen LogP contribution in [0.5, 0.6) is 5.75 Å². The summed E-state index contributed by atoms with van der Waals surface area (Å²) in [5.41, 5.74) is 0.982. The van der Waals surface area contributed by atoms with Crippen LogP contribution in [0.25, 0.3) is 0 Å². The number of carbonyl (C=O) groups excluding carboxylic acids is 2. The molecular weight excluding hydrogens is 376 g/mol. The van der Waals surface area contributed by atoms with E-state index in [1.807, 2.05) is 46.2 Å². The first-order valence-corrected chi connectivity index (χ1v) is 10.5. The normalized spacial score (nSPS) is 18.7. The van der Waals surface area contributed by atoms with Crippen molar-refractivity contribution in [3.8, 4) is 5.75 Å². The second-order valence-electron chi connectivity index (χ2n) is 7.20. The van der Waals surface area contributed by atoms with Gasteiger partial charge in [-0.05, 0) is 42.7 Å². The summed E-state index contributed by atoms with van der Waals surface area (Å²) < 4.78 is 10.6. The van der Waals surface area contributed by atoms with Gasteiger partial charge in [-0.2, -0.15) is 0 Å². The van der Waals surface area contributed by atoms with E-state index >= 15 is 0 Å².